The molecule has 3 unspecified atom stereocenters. The second-order valence-corrected chi connectivity index (χ2v) is 16.2. The standard InChI is InChI=1S/C47H55N4O8P/c1-8-9-10-11-12-14-18-36-32-50(46(53)49-45(36)52)44-31-42(59-60(57-30-17-29-48)51(34(2)3)35(4)5)43(58-44)33-56-47(37-19-15-13-16-20-37,38-21-25-40(54-6)26-22-38)39-23-27-41(55-7)28-24-39/h1,13,15-16,19-28,32,34-35,42-44H,9-12,17,30-31,33H2,2-7H3,(H,49,52,53)/t42?,43-,44?,60?/m1/s1. The molecule has 1 fully saturated rings. The van der Waals surface area contributed by atoms with E-state index in [1.807, 2.05) is 78.9 Å². The molecule has 0 amide bonds. The summed E-state index contributed by atoms with van der Waals surface area (Å²) >= 11 is 0. The van der Waals surface area contributed by atoms with Gasteiger partial charge in [-0.3, -0.25) is 14.3 Å². The SMILES string of the molecule is C#CCCCCC#Cc1cn(C2CC(OP(OCCC#N)N(C(C)C)C(C)C)[C@@H](COC(c3ccccc3)(c3ccc(OC)cc3)c3ccc(OC)cc3)O2)c(=O)[nH]c1=O. The highest BCUT2D eigenvalue weighted by molar-refractivity contribution is 7.44. The van der Waals surface area contributed by atoms with Crippen LogP contribution in [0.5, 0.6) is 11.5 Å². The molecule has 0 radical (unpaired) electrons. The molecule has 1 N–H and O–H groups in total. The van der Waals surface area contributed by atoms with E-state index in [4.69, 9.17) is 34.4 Å². The minimum Gasteiger partial charge on any atom is -0.497 e. The molecule has 1 saturated heterocycles. The first-order valence-electron chi connectivity index (χ1n) is 20.2. The van der Waals surface area contributed by atoms with Crippen LogP contribution in [0.3, 0.4) is 0 Å². The predicted molar refractivity (Wildman–Crippen MR) is 232 cm³/mol. The molecule has 0 saturated carbocycles. The Morgan fingerprint density at radius 2 is 1.50 bits per heavy atom. The zero-order chi connectivity index (χ0) is 43.1. The molecule has 0 aliphatic carbocycles. The van der Waals surface area contributed by atoms with Gasteiger partial charge >= 0.3 is 5.69 Å². The summed E-state index contributed by atoms with van der Waals surface area (Å²) in [4.78, 5) is 28.9. The molecule has 316 valence electrons. The molecule has 0 bridgehead atoms. The van der Waals surface area contributed by atoms with Gasteiger partial charge in [-0.25, -0.2) is 9.46 Å². The molecule has 2 heterocycles. The van der Waals surface area contributed by atoms with E-state index >= 15 is 0 Å². The Morgan fingerprint density at radius 1 is 0.900 bits per heavy atom. The van der Waals surface area contributed by atoms with E-state index in [0.29, 0.717) is 24.3 Å². The van der Waals surface area contributed by atoms with Crippen LogP contribution in [0.25, 0.3) is 0 Å². The summed E-state index contributed by atoms with van der Waals surface area (Å²) in [7, 11) is 1.53. The molecule has 1 aromatic heterocycles. The monoisotopic (exact) mass is 834 g/mol. The molecular formula is C47H55N4O8P. The van der Waals surface area contributed by atoms with E-state index in [0.717, 1.165) is 29.5 Å². The van der Waals surface area contributed by atoms with Crippen molar-refractivity contribution in [2.75, 3.05) is 27.4 Å². The third-order valence-electron chi connectivity index (χ3n) is 10.1. The molecule has 5 rings (SSSR count). The second kappa shape index (κ2) is 22.4. The number of nitriles is 1. The number of benzene rings is 3. The normalized spacial score (nSPS) is 16.9. The van der Waals surface area contributed by atoms with Gasteiger partial charge in [-0.1, -0.05) is 66.4 Å². The summed E-state index contributed by atoms with van der Waals surface area (Å²) in [6, 6.07) is 27.6. The lowest BCUT2D eigenvalue weighted by Crippen LogP contribution is -2.39. The number of hydrogen-bond acceptors (Lipinski definition) is 10. The number of hydrogen-bond donors (Lipinski definition) is 1. The first kappa shape index (κ1) is 45.9. The molecule has 4 atom stereocenters. The summed E-state index contributed by atoms with van der Waals surface area (Å²) < 4.78 is 41.9. The predicted octanol–water partition coefficient (Wildman–Crippen LogP) is 8.06. The van der Waals surface area contributed by atoms with Gasteiger partial charge in [0, 0.05) is 37.5 Å². The van der Waals surface area contributed by atoms with Crippen LogP contribution in [-0.2, 0) is 24.1 Å². The number of rotatable bonds is 20. The lowest BCUT2D eigenvalue weighted by Gasteiger charge is -2.39. The van der Waals surface area contributed by atoms with Crippen LogP contribution in [0.1, 0.15) is 94.7 Å². The maximum Gasteiger partial charge on any atom is 0.330 e. The summed E-state index contributed by atoms with van der Waals surface area (Å²) in [5.74, 6) is 9.98. The minimum absolute atomic E-state index is 0.00126. The third kappa shape index (κ3) is 11.3. The summed E-state index contributed by atoms with van der Waals surface area (Å²) in [5.41, 5.74) is 0.279. The fraction of sp³-hybridized carbons (Fsp3) is 0.426. The third-order valence-corrected chi connectivity index (χ3v) is 12.2. The van der Waals surface area contributed by atoms with Gasteiger partial charge in [0.05, 0.1) is 46.0 Å². The molecule has 1 aliphatic rings. The molecule has 1 aliphatic heterocycles. The van der Waals surface area contributed by atoms with Crippen molar-refractivity contribution in [1.82, 2.24) is 14.2 Å². The summed E-state index contributed by atoms with van der Waals surface area (Å²) in [6.07, 6.45) is 7.80. The average molecular weight is 835 g/mol. The Bertz CT molecular complexity index is 2180. The van der Waals surface area contributed by atoms with Gasteiger partial charge in [0.2, 0.25) is 0 Å². The van der Waals surface area contributed by atoms with Crippen molar-refractivity contribution >= 4 is 8.53 Å². The van der Waals surface area contributed by atoms with Crippen molar-refractivity contribution < 1.29 is 28.0 Å². The minimum atomic E-state index is -1.72. The maximum absolute atomic E-state index is 13.5. The van der Waals surface area contributed by atoms with E-state index in [-0.39, 0.29) is 43.7 Å². The quantitative estimate of drug-likeness (QED) is 0.0403. The van der Waals surface area contributed by atoms with Crippen LogP contribution in [0.4, 0.5) is 0 Å². The smallest absolute Gasteiger partial charge is 0.330 e. The lowest BCUT2D eigenvalue weighted by atomic mass is 9.80. The topological polar surface area (TPSA) is 137 Å². The van der Waals surface area contributed by atoms with Crippen LogP contribution >= 0.6 is 8.53 Å². The molecule has 0 spiro atoms. The highest BCUT2D eigenvalue weighted by Gasteiger charge is 2.45. The first-order valence-corrected chi connectivity index (χ1v) is 21.4. The van der Waals surface area contributed by atoms with Gasteiger partial charge in [-0.05, 0) is 81.5 Å². The van der Waals surface area contributed by atoms with Crippen LogP contribution in [-0.4, -0.2) is 65.9 Å². The summed E-state index contributed by atoms with van der Waals surface area (Å²) in [5, 5.41) is 9.38. The number of aromatic nitrogens is 2. The van der Waals surface area contributed by atoms with Gasteiger partial charge in [-0.15, -0.1) is 12.3 Å². The Labute approximate surface area is 354 Å². The van der Waals surface area contributed by atoms with Crippen molar-refractivity contribution in [3.63, 3.8) is 0 Å². The molecular weight excluding hydrogens is 780 g/mol. The van der Waals surface area contributed by atoms with Gasteiger partial charge in [0.25, 0.3) is 14.1 Å². The van der Waals surface area contributed by atoms with Gasteiger partial charge in [-0.2, -0.15) is 5.26 Å². The van der Waals surface area contributed by atoms with Crippen LogP contribution in [0.15, 0.2) is 94.6 Å². The number of terminal acetylenes is 1. The first-order chi connectivity index (χ1) is 29.1. The average Bonchev–Trinajstić information content (AvgIpc) is 3.65. The molecule has 60 heavy (non-hydrogen) atoms. The van der Waals surface area contributed by atoms with Crippen molar-refractivity contribution in [2.24, 2.45) is 0 Å². The molecule has 12 nitrogen and oxygen atoms in total. The van der Waals surface area contributed by atoms with E-state index in [1.165, 1.54) is 10.8 Å². The number of nitrogens with zero attached hydrogens (tertiary/aromatic N) is 3. The number of H-pyrrole nitrogens is 1. The molecule has 3 aromatic carbocycles. The molecule has 4 aromatic rings. The fourth-order valence-corrected chi connectivity index (χ4v) is 8.97. The number of ether oxygens (including phenoxy) is 4. The molecule has 13 heteroatoms. The van der Waals surface area contributed by atoms with E-state index in [9.17, 15) is 14.9 Å². The highest BCUT2D eigenvalue weighted by atomic mass is 31.2. The van der Waals surface area contributed by atoms with Gasteiger partial charge in [0.1, 0.15) is 35.0 Å². The zero-order valence-electron chi connectivity index (χ0n) is 35.3. The highest BCUT2D eigenvalue weighted by Crippen LogP contribution is 2.50. The van der Waals surface area contributed by atoms with Crippen molar-refractivity contribution in [3.05, 3.63) is 128 Å². The van der Waals surface area contributed by atoms with Crippen LogP contribution in [0.2, 0.25) is 0 Å². The van der Waals surface area contributed by atoms with Crippen LogP contribution in [0, 0.1) is 35.5 Å². The fourth-order valence-electron chi connectivity index (χ4n) is 7.21. The van der Waals surface area contributed by atoms with Crippen molar-refractivity contribution in [2.45, 2.75) is 102 Å². The largest absolute Gasteiger partial charge is 0.497 e. The number of methoxy groups -OCH3 is 2. The maximum atomic E-state index is 13.5. The van der Waals surface area contributed by atoms with Crippen molar-refractivity contribution in [3.8, 4) is 41.8 Å². The number of aromatic amines is 1. The van der Waals surface area contributed by atoms with E-state index in [2.05, 4.69) is 61.2 Å². The van der Waals surface area contributed by atoms with E-state index < -0.39 is 43.8 Å². The van der Waals surface area contributed by atoms with Gasteiger partial charge < -0.3 is 28.0 Å². The Hall–Kier alpha value is -5.22. The number of nitrogens with one attached hydrogen (secondary N) is 1. The van der Waals surface area contributed by atoms with Gasteiger partial charge in [0.15, 0.2) is 0 Å². The van der Waals surface area contributed by atoms with Crippen molar-refractivity contribution in [1.29, 1.82) is 5.26 Å². The van der Waals surface area contributed by atoms with Crippen LogP contribution < -0.4 is 20.7 Å². The van der Waals surface area contributed by atoms with E-state index in [1.54, 1.807) is 14.2 Å². The Morgan fingerprint density at radius 3 is 2.07 bits per heavy atom. The number of unbranched alkanes of at least 4 members (excludes halogenated alkanes) is 3. The zero-order valence-corrected chi connectivity index (χ0v) is 36.2. The summed E-state index contributed by atoms with van der Waals surface area (Å²) in [6.45, 7) is 8.44. The lowest BCUT2D eigenvalue weighted by molar-refractivity contribution is -0.0925. The Kier molecular flexibility index (Phi) is 17.1. The second-order valence-electron chi connectivity index (χ2n) is 14.8. The Balaban J connectivity index is 1.59.